The average molecular weight is 356 g/mol. The Hall–Kier alpha value is -1.82. The summed E-state index contributed by atoms with van der Waals surface area (Å²) < 4.78 is 6.02. The summed E-state index contributed by atoms with van der Waals surface area (Å²) in [7, 11) is 1.52. The number of rotatable bonds is 7. The lowest BCUT2D eigenvalue weighted by Gasteiger charge is -2.14. The van der Waals surface area contributed by atoms with Crippen LogP contribution < -0.4 is 10.1 Å². The summed E-state index contributed by atoms with van der Waals surface area (Å²) in [6, 6.07) is 4.42. The van der Waals surface area contributed by atoms with Gasteiger partial charge in [0.2, 0.25) is 5.91 Å². The number of halogens is 1. The number of allylic oxidation sites excluding steroid dienone is 1. The maximum atomic E-state index is 12.0. The molecule has 1 unspecified atom stereocenters. The molecule has 5 nitrogen and oxygen atoms in total. The number of carboxylic acid groups (broad SMARTS) is 1. The van der Waals surface area contributed by atoms with Gasteiger partial charge in [-0.2, -0.15) is 0 Å². The highest BCUT2D eigenvalue weighted by molar-refractivity contribution is 9.10. The molecule has 0 radical (unpaired) electrons. The van der Waals surface area contributed by atoms with E-state index in [4.69, 9.17) is 9.84 Å². The van der Waals surface area contributed by atoms with Crippen LogP contribution in [0.25, 0.3) is 0 Å². The smallest absolute Gasteiger partial charge is 0.326 e. The van der Waals surface area contributed by atoms with Crippen LogP contribution in [0.4, 0.5) is 0 Å². The second-order valence-electron chi connectivity index (χ2n) is 4.40. The molecule has 0 bridgehead atoms. The van der Waals surface area contributed by atoms with Crippen molar-refractivity contribution in [2.45, 2.75) is 25.8 Å². The number of hydrogen-bond donors (Lipinski definition) is 2. The molecule has 1 atom stereocenters. The Balaban J connectivity index is 2.76. The molecular formula is C15H18BrNO4. The highest BCUT2D eigenvalue weighted by atomic mass is 79.9. The zero-order chi connectivity index (χ0) is 15.8. The van der Waals surface area contributed by atoms with Crippen molar-refractivity contribution in [3.05, 3.63) is 40.4 Å². The van der Waals surface area contributed by atoms with Crippen LogP contribution in [0.15, 0.2) is 34.8 Å². The number of carboxylic acids is 1. The number of nitrogens with one attached hydrogen (secondary N) is 1. The third kappa shape index (κ3) is 5.59. The minimum absolute atomic E-state index is 0.0578. The Labute approximate surface area is 132 Å². The molecule has 0 aliphatic carbocycles. The molecule has 0 aromatic heterocycles. The van der Waals surface area contributed by atoms with Crippen LogP contribution in [0.3, 0.4) is 0 Å². The number of benzene rings is 1. The first-order chi connectivity index (χ1) is 9.97. The first-order valence-electron chi connectivity index (χ1n) is 6.43. The summed E-state index contributed by atoms with van der Waals surface area (Å²) in [4.78, 5) is 23.1. The van der Waals surface area contributed by atoms with Gasteiger partial charge in [-0.3, -0.25) is 4.79 Å². The van der Waals surface area contributed by atoms with E-state index >= 15 is 0 Å². The van der Waals surface area contributed by atoms with E-state index in [-0.39, 0.29) is 18.7 Å². The number of aliphatic carboxylic acids is 1. The van der Waals surface area contributed by atoms with Gasteiger partial charge >= 0.3 is 5.97 Å². The van der Waals surface area contributed by atoms with E-state index in [9.17, 15) is 9.59 Å². The molecule has 0 saturated carbocycles. The van der Waals surface area contributed by atoms with Crippen LogP contribution in [0.2, 0.25) is 0 Å². The fourth-order valence-corrected chi connectivity index (χ4v) is 2.21. The Morgan fingerprint density at radius 1 is 1.48 bits per heavy atom. The number of carbonyl (C=O) groups excluding carboxylic acids is 1. The highest BCUT2D eigenvalue weighted by Crippen LogP contribution is 2.23. The topological polar surface area (TPSA) is 75.6 Å². The molecule has 0 fully saturated rings. The Kier molecular flexibility index (Phi) is 6.94. The summed E-state index contributed by atoms with van der Waals surface area (Å²) in [6.45, 7) is 1.80. The maximum Gasteiger partial charge on any atom is 0.326 e. The van der Waals surface area contributed by atoms with E-state index in [1.165, 1.54) is 7.11 Å². The Bertz CT molecular complexity index is 542. The molecule has 0 aliphatic heterocycles. The standard InChI is InChI=1S/C15H18BrNO4/c1-3-4-5-12(15(19)20)17-14(18)9-10-8-11(16)6-7-13(10)21-2/h3-4,6-8,12H,5,9H2,1-2H3,(H,17,18)(H,19,20)/b4-3+. The monoisotopic (exact) mass is 355 g/mol. The zero-order valence-electron chi connectivity index (χ0n) is 11.9. The van der Waals surface area contributed by atoms with E-state index in [2.05, 4.69) is 21.2 Å². The van der Waals surface area contributed by atoms with Crippen molar-refractivity contribution in [3.8, 4) is 5.75 Å². The third-order valence-electron chi connectivity index (χ3n) is 2.83. The van der Waals surface area contributed by atoms with Gasteiger partial charge in [-0.1, -0.05) is 28.1 Å². The predicted molar refractivity (Wildman–Crippen MR) is 83.4 cm³/mol. The van der Waals surface area contributed by atoms with Gasteiger partial charge in [-0.25, -0.2) is 4.79 Å². The largest absolute Gasteiger partial charge is 0.496 e. The molecule has 0 aliphatic rings. The lowest BCUT2D eigenvalue weighted by atomic mass is 10.1. The summed E-state index contributed by atoms with van der Waals surface area (Å²) in [5.41, 5.74) is 0.694. The lowest BCUT2D eigenvalue weighted by molar-refractivity contribution is -0.141. The molecular weight excluding hydrogens is 338 g/mol. The van der Waals surface area contributed by atoms with Crippen LogP contribution in [0.1, 0.15) is 18.9 Å². The van der Waals surface area contributed by atoms with Gasteiger partial charge in [0, 0.05) is 10.0 Å². The van der Waals surface area contributed by atoms with E-state index < -0.39 is 12.0 Å². The molecule has 1 amide bonds. The van der Waals surface area contributed by atoms with Crippen molar-refractivity contribution in [1.29, 1.82) is 0 Å². The third-order valence-corrected chi connectivity index (χ3v) is 3.33. The van der Waals surface area contributed by atoms with Crippen LogP contribution in [-0.2, 0) is 16.0 Å². The van der Waals surface area contributed by atoms with Crippen molar-refractivity contribution in [2.24, 2.45) is 0 Å². The number of methoxy groups -OCH3 is 1. The van der Waals surface area contributed by atoms with Crippen molar-refractivity contribution < 1.29 is 19.4 Å². The van der Waals surface area contributed by atoms with Crippen LogP contribution in [-0.4, -0.2) is 30.1 Å². The van der Waals surface area contributed by atoms with Crippen molar-refractivity contribution >= 4 is 27.8 Å². The van der Waals surface area contributed by atoms with Gasteiger partial charge in [-0.05, 0) is 31.5 Å². The minimum atomic E-state index is -1.05. The van der Waals surface area contributed by atoms with E-state index in [1.54, 1.807) is 31.2 Å². The Morgan fingerprint density at radius 2 is 2.19 bits per heavy atom. The molecule has 6 heteroatoms. The fourth-order valence-electron chi connectivity index (χ4n) is 1.80. The molecule has 0 saturated heterocycles. The number of carbonyl (C=O) groups is 2. The molecule has 0 heterocycles. The minimum Gasteiger partial charge on any atom is -0.496 e. The second kappa shape index (κ2) is 8.46. The number of ether oxygens (including phenoxy) is 1. The second-order valence-corrected chi connectivity index (χ2v) is 5.31. The molecule has 1 rings (SSSR count). The predicted octanol–water partition coefficient (Wildman–Crippen LogP) is 2.54. The normalized spacial score (nSPS) is 12.1. The van der Waals surface area contributed by atoms with E-state index in [1.807, 2.05) is 6.07 Å². The lowest BCUT2D eigenvalue weighted by Crippen LogP contribution is -2.41. The first kappa shape index (κ1) is 17.2. The van der Waals surface area contributed by atoms with Crippen LogP contribution in [0, 0.1) is 0 Å². The van der Waals surface area contributed by atoms with Crippen molar-refractivity contribution in [3.63, 3.8) is 0 Å². The first-order valence-corrected chi connectivity index (χ1v) is 7.23. The van der Waals surface area contributed by atoms with Crippen molar-refractivity contribution in [1.82, 2.24) is 5.32 Å². The molecule has 114 valence electrons. The average Bonchev–Trinajstić information content (AvgIpc) is 2.43. The SMILES string of the molecule is C/C=C/CC(NC(=O)Cc1cc(Br)ccc1OC)C(=O)O. The van der Waals surface area contributed by atoms with E-state index in [0.29, 0.717) is 11.3 Å². The molecule has 1 aromatic rings. The van der Waals surface area contributed by atoms with Gasteiger partial charge in [0.1, 0.15) is 11.8 Å². The number of amides is 1. The molecule has 2 N–H and O–H groups in total. The van der Waals surface area contributed by atoms with Crippen molar-refractivity contribution in [2.75, 3.05) is 7.11 Å². The van der Waals surface area contributed by atoms with Gasteiger partial charge < -0.3 is 15.2 Å². The fraction of sp³-hybridized carbons (Fsp3) is 0.333. The summed E-state index contributed by atoms with van der Waals surface area (Å²) in [5.74, 6) is -0.820. The quantitative estimate of drug-likeness (QED) is 0.737. The van der Waals surface area contributed by atoms with Crippen LogP contribution in [0.5, 0.6) is 5.75 Å². The molecule has 0 spiro atoms. The molecule has 1 aromatic carbocycles. The number of hydrogen-bond acceptors (Lipinski definition) is 3. The molecule has 21 heavy (non-hydrogen) atoms. The summed E-state index contributed by atoms with van der Waals surface area (Å²) in [6.07, 6.45) is 3.77. The van der Waals surface area contributed by atoms with Gasteiger partial charge in [-0.15, -0.1) is 0 Å². The van der Waals surface area contributed by atoms with Crippen LogP contribution >= 0.6 is 15.9 Å². The zero-order valence-corrected chi connectivity index (χ0v) is 13.5. The van der Waals surface area contributed by atoms with Gasteiger partial charge in [0.05, 0.1) is 13.5 Å². The summed E-state index contributed by atoms with van der Waals surface area (Å²) >= 11 is 3.33. The summed E-state index contributed by atoms with van der Waals surface area (Å²) in [5, 5.41) is 11.6. The Morgan fingerprint density at radius 3 is 2.76 bits per heavy atom. The maximum absolute atomic E-state index is 12.0. The highest BCUT2D eigenvalue weighted by Gasteiger charge is 2.19. The van der Waals surface area contributed by atoms with Gasteiger partial charge in [0.25, 0.3) is 0 Å². The van der Waals surface area contributed by atoms with E-state index in [0.717, 1.165) is 4.47 Å². The van der Waals surface area contributed by atoms with Gasteiger partial charge in [0.15, 0.2) is 0 Å².